The van der Waals surface area contributed by atoms with E-state index in [1.807, 2.05) is 54.6 Å². The number of methoxy groups -OCH3 is 1. The molecule has 0 unspecified atom stereocenters. The molecule has 4 rings (SSSR count). The molecule has 2 N–H and O–H groups in total. The number of carbonyl (C=O) groups is 2. The number of nitrogens with one attached hydrogen (secondary N) is 2. The molecule has 1 aliphatic rings. The summed E-state index contributed by atoms with van der Waals surface area (Å²) in [5, 5.41) is 5.75. The van der Waals surface area contributed by atoms with Gasteiger partial charge in [0.05, 0.1) is 7.11 Å². The number of hydrogen-bond acceptors (Lipinski definition) is 4. The molecule has 0 saturated heterocycles. The zero-order valence-electron chi connectivity index (χ0n) is 21.2. The lowest BCUT2D eigenvalue weighted by Crippen LogP contribution is -2.39. The third-order valence-corrected chi connectivity index (χ3v) is 6.32. The van der Waals surface area contributed by atoms with Crippen molar-refractivity contribution in [3.8, 4) is 11.5 Å². The van der Waals surface area contributed by atoms with Gasteiger partial charge in [0, 0.05) is 30.0 Å². The molecule has 0 saturated carbocycles. The molecule has 0 bridgehead atoms. The summed E-state index contributed by atoms with van der Waals surface area (Å²) in [6, 6.07) is 20.7. The van der Waals surface area contributed by atoms with Crippen LogP contribution in [0.4, 0.5) is 16.2 Å². The summed E-state index contributed by atoms with van der Waals surface area (Å²) in [5.74, 6) is 1.81. The first-order valence-electron chi connectivity index (χ1n) is 12.2. The van der Waals surface area contributed by atoms with E-state index in [4.69, 9.17) is 9.47 Å². The highest BCUT2D eigenvalue weighted by atomic mass is 16.5. The van der Waals surface area contributed by atoms with Gasteiger partial charge < -0.3 is 25.0 Å². The van der Waals surface area contributed by atoms with Crippen LogP contribution >= 0.6 is 0 Å². The fraction of sp³-hybridized carbons (Fsp3) is 0.310. The molecule has 0 aromatic heterocycles. The summed E-state index contributed by atoms with van der Waals surface area (Å²) < 4.78 is 11.4. The molecule has 1 atom stereocenters. The van der Waals surface area contributed by atoms with Crippen LogP contribution in [-0.2, 0) is 17.8 Å². The van der Waals surface area contributed by atoms with E-state index >= 15 is 0 Å². The van der Waals surface area contributed by atoms with Crippen molar-refractivity contribution in [2.45, 2.75) is 45.8 Å². The Kier molecular flexibility index (Phi) is 7.78. The summed E-state index contributed by atoms with van der Waals surface area (Å²) in [6.45, 7) is 6.94. The van der Waals surface area contributed by atoms with Gasteiger partial charge >= 0.3 is 6.03 Å². The van der Waals surface area contributed by atoms with Gasteiger partial charge in [0.25, 0.3) is 5.91 Å². The molecular weight excluding hydrogens is 454 g/mol. The van der Waals surface area contributed by atoms with Gasteiger partial charge in [-0.05, 0) is 66.8 Å². The molecule has 188 valence electrons. The van der Waals surface area contributed by atoms with Crippen LogP contribution in [0.25, 0.3) is 0 Å². The minimum Gasteiger partial charge on any atom is -0.496 e. The van der Waals surface area contributed by atoms with Crippen LogP contribution in [0.15, 0.2) is 66.7 Å². The lowest BCUT2D eigenvalue weighted by molar-refractivity contribution is -0.137. The molecular formula is C29H33N3O4. The number of ether oxygens (including phenoxy) is 2. The second kappa shape index (κ2) is 11.2. The molecule has 7 heteroatoms. The van der Waals surface area contributed by atoms with Gasteiger partial charge in [-0.2, -0.15) is 0 Å². The molecule has 1 aliphatic heterocycles. The number of anilines is 2. The van der Waals surface area contributed by atoms with Gasteiger partial charge in [-0.1, -0.05) is 44.2 Å². The molecule has 3 aromatic rings. The van der Waals surface area contributed by atoms with Crippen molar-refractivity contribution < 1.29 is 19.1 Å². The van der Waals surface area contributed by atoms with Crippen LogP contribution in [-0.4, -0.2) is 36.6 Å². The maximum absolute atomic E-state index is 13.0. The fourth-order valence-corrected chi connectivity index (χ4v) is 4.28. The largest absolute Gasteiger partial charge is 0.496 e. The summed E-state index contributed by atoms with van der Waals surface area (Å²) >= 11 is 0. The van der Waals surface area contributed by atoms with Crippen molar-refractivity contribution in [3.63, 3.8) is 0 Å². The Morgan fingerprint density at radius 2 is 1.75 bits per heavy atom. The number of rotatable bonds is 7. The van der Waals surface area contributed by atoms with E-state index in [-0.39, 0.29) is 11.9 Å². The monoisotopic (exact) mass is 487 g/mol. The third kappa shape index (κ3) is 5.97. The van der Waals surface area contributed by atoms with E-state index < -0.39 is 6.10 Å². The van der Waals surface area contributed by atoms with E-state index in [1.165, 1.54) is 5.56 Å². The van der Waals surface area contributed by atoms with Crippen molar-refractivity contribution in [1.29, 1.82) is 0 Å². The van der Waals surface area contributed by atoms with Gasteiger partial charge in [-0.3, -0.25) is 4.79 Å². The summed E-state index contributed by atoms with van der Waals surface area (Å²) in [4.78, 5) is 27.4. The average molecular weight is 488 g/mol. The lowest BCUT2D eigenvalue weighted by atomic mass is 10.0. The van der Waals surface area contributed by atoms with Crippen LogP contribution in [0.2, 0.25) is 0 Å². The minimum atomic E-state index is -0.597. The summed E-state index contributed by atoms with van der Waals surface area (Å²) in [7, 11) is 1.65. The number of urea groups is 1. The van der Waals surface area contributed by atoms with Crippen molar-refractivity contribution in [2.24, 2.45) is 0 Å². The molecule has 36 heavy (non-hydrogen) atoms. The SMILES string of the molecule is COc1ccccc1CCN1Cc2cc(NC(=O)Nc3ccc(C(C)C)cc3)ccc2O[C@@H](C)C1=O. The Morgan fingerprint density at radius 3 is 2.47 bits per heavy atom. The minimum absolute atomic E-state index is 0.0711. The normalized spacial score (nSPS) is 15.1. The standard InChI is InChI=1S/C29H33N3O4/c1-19(2)21-9-11-24(12-10-21)30-29(34)31-25-13-14-27-23(17-25)18-32(28(33)20(3)36-27)16-15-22-7-5-6-8-26(22)35-4/h5-14,17,19-20H,15-16,18H2,1-4H3,(H2,30,31,34)/t20-/m0/s1. The summed E-state index contributed by atoms with van der Waals surface area (Å²) in [5.41, 5.74) is 4.44. The van der Waals surface area contributed by atoms with Crippen LogP contribution < -0.4 is 20.1 Å². The zero-order valence-corrected chi connectivity index (χ0v) is 21.2. The lowest BCUT2D eigenvalue weighted by Gasteiger charge is -2.22. The van der Waals surface area contributed by atoms with Gasteiger partial charge in [-0.25, -0.2) is 4.79 Å². The smallest absolute Gasteiger partial charge is 0.323 e. The highest BCUT2D eigenvalue weighted by Gasteiger charge is 2.28. The Bertz CT molecular complexity index is 1220. The molecule has 3 amide bonds. The maximum Gasteiger partial charge on any atom is 0.323 e. The highest BCUT2D eigenvalue weighted by molar-refractivity contribution is 5.99. The van der Waals surface area contributed by atoms with E-state index in [0.717, 1.165) is 22.6 Å². The second-order valence-corrected chi connectivity index (χ2v) is 9.26. The highest BCUT2D eigenvalue weighted by Crippen LogP contribution is 2.29. The number of fused-ring (bicyclic) bond motifs is 1. The number of hydrogen-bond donors (Lipinski definition) is 2. The quantitative estimate of drug-likeness (QED) is 0.440. The van der Waals surface area contributed by atoms with Gasteiger partial charge in [0.1, 0.15) is 11.5 Å². The molecule has 0 radical (unpaired) electrons. The van der Waals surface area contributed by atoms with Gasteiger partial charge in [-0.15, -0.1) is 0 Å². The second-order valence-electron chi connectivity index (χ2n) is 9.26. The first kappa shape index (κ1) is 25.1. The number of amides is 3. The van der Waals surface area contributed by atoms with Crippen molar-refractivity contribution in [1.82, 2.24) is 4.90 Å². The average Bonchev–Trinajstić information content (AvgIpc) is 2.98. The number of nitrogens with zero attached hydrogens (tertiary/aromatic N) is 1. The van der Waals surface area contributed by atoms with E-state index in [9.17, 15) is 9.59 Å². The Balaban J connectivity index is 1.45. The number of para-hydroxylation sites is 1. The third-order valence-electron chi connectivity index (χ3n) is 6.32. The van der Waals surface area contributed by atoms with Gasteiger partial charge in [0.15, 0.2) is 6.10 Å². The van der Waals surface area contributed by atoms with Crippen LogP contribution in [0.5, 0.6) is 11.5 Å². The Hall–Kier alpha value is -4.00. The number of benzene rings is 3. The molecule has 0 spiro atoms. The van der Waals surface area contributed by atoms with Crippen molar-refractivity contribution in [3.05, 3.63) is 83.4 Å². The van der Waals surface area contributed by atoms with E-state index in [0.29, 0.717) is 36.9 Å². The van der Waals surface area contributed by atoms with Crippen LogP contribution in [0.1, 0.15) is 43.4 Å². The zero-order chi connectivity index (χ0) is 25.7. The number of carbonyl (C=O) groups excluding carboxylic acids is 2. The van der Waals surface area contributed by atoms with Crippen molar-refractivity contribution >= 4 is 23.3 Å². The molecule has 0 aliphatic carbocycles. The molecule has 7 nitrogen and oxygen atoms in total. The van der Waals surface area contributed by atoms with E-state index in [2.05, 4.69) is 24.5 Å². The van der Waals surface area contributed by atoms with Crippen molar-refractivity contribution in [2.75, 3.05) is 24.3 Å². The topological polar surface area (TPSA) is 79.9 Å². The Morgan fingerprint density at radius 1 is 1.06 bits per heavy atom. The molecule has 0 fully saturated rings. The maximum atomic E-state index is 13.0. The predicted molar refractivity (Wildman–Crippen MR) is 142 cm³/mol. The Labute approximate surface area is 212 Å². The fourth-order valence-electron chi connectivity index (χ4n) is 4.28. The first-order chi connectivity index (χ1) is 17.3. The van der Waals surface area contributed by atoms with E-state index in [1.54, 1.807) is 31.1 Å². The molecule has 3 aromatic carbocycles. The van der Waals surface area contributed by atoms with Crippen LogP contribution in [0.3, 0.4) is 0 Å². The van der Waals surface area contributed by atoms with Gasteiger partial charge in [0.2, 0.25) is 0 Å². The predicted octanol–water partition coefficient (Wildman–Crippen LogP) is 5.81. The first-order valence-corrected chi connectivity index (χ1v) is 12.2. The summed E-state index contributed by atoms with van der Waals surface area (Å²) in [6.07, 6.45) is 0.0631. The molecule has 1 heterocycles. The van der Waals surface area contributed by atoms with Crippen LogP contribution in [0, 0.1) is 0 Å².